The Kier molecular flexibility index (Phi) is 7.73. The molecule has 0 aliphatic carbocycles. The number of benzene rings is 2. The lowest BCUT2D eigenvalue weighted by molar-refractivity contribution is -0.137. The van der Waals surface area contributed by atoms with Gasteiger partial charge < -0.3 is 19.4 Å². The van der Waals surface area contributed by atoms with Gasteiger partial charge in [0.15, 0.2) is 0 Å². The van der Waals surface area contributed by atoms with Gasteiger partial charge in [0.2, 0.25) is 5.91 Å². The van der Waals surface area contributed by atoms with Crippen molar-refractivity contribution in [2.75, 3.05) is 52.9 Å². The zero-order valence-electron chi connectivity index (χ0n) is 19.5. The van der Waals surface area contributed by atoms with Crippen molar-refractivity contribution in [3.63, 3.8) is 0 Å². The van der Waals surface area contributed by atoms with Crippen LogP contribution < -0.4 is 4.74 Å². The minimum Gasteiger partial charge on any atom is -0.493 e. The van der Waals surface area contributed by atoms with Gasteiger partial charge in [-0.2, -0.15) is 0 Å². The topological polar surface area (TPSA) is 53.1 Å². The summed E-state index contributed by atoms with van der Waals surface area (Å²) in [5, 5.41) is 0.513. The molecule has 2 aliphatic rings. The molecule has 0 spiro atoms. The minimum absolute atomic E-state index is 0.0906. The minimum atomic E-state index is -0.526. The van der Waals surface area contributed by atoms with E-state index in [1.165, 1.54) is 12.1 Å². The monoisotopic (exact) mass is 487 g/mol. The number of rotatable bonds is 6. The van der Waals surface area contributed by atoms with Crippen LogP contribution in [0.1, 0.15) is 29.6 Å². The Morgan fingerprint density at radius 3 is 2.47 bits per heavy atom. The van der Waals surface area contributed by atoms with E-state index in [0.29, 0.717) is 48.9 Å². The average Bonchev–Trinajstić information content (AvgIpc) is 2.84. The maximum absolute atomic E-state index is 13.3. The van der Waals surface area contributed by atoms with E-state index >= 15 is 0 Å². The van der Waals surface area contributed by atoms with E-state index in [-0.39, 0.29) is 24.2 Å². The smallest absolute Gasteiger partial charge is 0.253 e. The summed E-state index contributed by atoms with van der Waals surface area (Å²) in [4.78, 5) is 32.5. The lowest BCUT2D eigenvalue weighted by atomic mass is 9.77. The molecule has 2 saturated heterocycles. The molecule has 8 heteroatoms. The molecule has 2 amide bonds. The molecule has 6 nitrogen and oxygen atoms in total. The molecule has 2 fully saturated rings. The highest BCUT2D eigenvalue weighted by atomic mass is 35.5. The van der Waals surface area contributed by atoms with Crippen LogP contribution in [0.15, 0.2) is 48.5 Å². The molecule has 4 rings (SSSR count). The number of likely N-dealkylation sites (N-methyl/N-ethyl adjacent to an activating group) is 1. The Balaban J connectivity index is 1.52. The molecule has 0 saturated carbocycles. The molecular weight excluding hydrogens is 457 g/mol. The van der Waals surface area contributed by atoms with Crippen LogP contribution in [0, 0.1) is 11.2 Å². The maximum Gasteiger partial charge on any atom is 0.253 e. The molecule has 2 aliphatic heterocycles. The second-order valence-electron chi connectivity index (χ2n) is 9.44. The highest BCUT2D eigenvalue weighted by Crippen LogP contribution is 2.36. The summed E-state index contributed by atoms with van der Waals surface area (Å²) in [7, 11) is 2.06. The molecule has 2 aromatic carbocycles. The zero-order chi connectivity index (χ0) is 24.1. The Labute approximate surface area is 205 Å². The third kappa shape index (κ3) is 6.07. The van der Waals surface area contributed by atoms with Gasteiger partial charge in [0.05, 0.1) is 6.61 Å². The number of hydrogen-bond donors (Lipinski definition) is 0. The normalized spacial score (nSPS) is 21.4. The van der Waals surface area contributed by atoms with E-state index in [9.17, 15) is 14.0 Å². The number of halogens is 2. The average molecular weight is 488 g/mol. The molecule has 182 valence electrons. The summed E-state index contributed by atoms with van der Waals surface area (Å²) in [5.74, 6) is 0.211. The lowest BCUT2D eigenvalue weighted by Crippen LogP contribution is -2.53. The van der Waals surface area contributed by atoms with E-state index in [2.05, 4.69) is 11.9 Å². The zero-order valence-corrected chi connectivity index (χ0v) is 20.3. The number of hydrogen-bond acceptors (Lipinski definition) is 4. The van der Waals surface area contributed by atoms with Crippen molar-refractivity contribution in [1.29, 1.82) is 0 Å². The molecule has 0 aromatic heterocycles. The van der Waals surface area contributed by atoms with Crippen molar-refractivity contribution >= 4 is 23.4 Å². The predicted octanol–water partition coefficient (Wildman–Crippen LogP) is 3.94. The first-order chi connectivity index (χ1) is 16.3. The number of piperidine rings is 1. The standard InChI is InChI=1S/C26H31ClFN3O3/c1-29-12-14-30(15-13-29)24(32)17-26(19-34-23-8-6-22(28)7-9-23)10-3-11-31(18-26)25(33)20-4-2-5-21(27)16-20/h2,4-9,16H,3,10-15,17-19H2,1H3. The van der Waals surface area contributed by atoms with Gasteiger partial charge in [-0.05, 0) is 62.4 Å². The molecule has 0 radical (unpaired) electrons. The highest BCUT2D eigenvalue weighted by Gasteiger charge is 2.41. The number of nitrogens with zero attached hydrogens (tertiary/aromatic N) is 3. The second-order valence-corrected chi connectivity index (χ2v) is 9.88. The van der Waals surface area contributed by atoms with Crippen LogP contribution in [0.2, 0.25) is 5.02 Å². The van der Waals surface area contributed by atoms with Crippen LogP contribution in [-0.2, 0) is 4.79 Å². The van der Waals surface area contributed by atoms with Gasteiger partial charge >= 0.3 is 0 Å². The summed E-state index contributed by atoms with van der Waals surface area (Å²) >= 11 is 6.11. The van der Waals surface area contributed by atoms with Gasteiger partial charge in [-0.1, -0.05) is 17.7 Å². The molecule has 34 heavy (non-hydrogen) atoms. The van der Waals surface area contributed by atoms with Crippen molar-refractivity contribution in [3.8, 4) is 5.75 Å². The van der Waals surface area contributed by atoms with Crippen LogP contribution in [0.25, 0.3) is 0 Å². The van der Waals surface area contributed by atoms with E-state index in [4.69, 9.17) is 16.3 Å². The summed E-state index contributed by atoms with van der Waals surface area (Å²) in [5.41, 5.74) is 0.00884. The molecule has 1 atom stereocenters. The van der Waals surface area contributed by atoms with E-state index in [1.54, 1.807) is 41.3 Å². The number of carbonyl (C=O) groups excluding carboxylic acids is 2. The SMILES string of the molecule is CN1CCN(C(=O)CC2(COc3ccc(F)cc3)CCCN(C(=O)c3cccc(Cl)c3)C2)CC1. The maximum atomic E-state index is 13.3. The van der Waals surface area contributed by atoms with Crippen LogP contribution >= 0.6 is 11.6 Å². The second kappa shape index (κ2) is 10.7. The molecule has 0 N–H and O–H groups in total. The quantitative estimate of drug-likeness (QED) is 0.619. The molecule has 0 bridgehead atoms. The fourth-order valence-corrected chi connectivity index (χ4v) is 4.94. The Hall–Kier alpha value is -2.64. The third-order valence-electron chi connectivity index (χ3n) is 6.76. The molecule has 2 aromatic rings. The van der Waals surface area contributed by atoms with Gasteiger partial charge in [0.25, 0.3) is 5.91 Å². The first kappa shape index (κ1) is 24.5. The van der Waals surface area contributed by atoms with Gasteiger partial charge in [0.1, 0.15) is 11.6 Å². The van der Waals surface area contributed by atoms with Crippen molar-refractivity contribution in [2.45, 2.75) is 19.3 Å². The van der Waals surface area contributed by atoms with E-state index in [1.807, 2.05) is 4.90 Å². The van der Waals surface area contributed by atoms with E-state index < -0.39 is 5.41 Å². The van der Waals surface area contributed by atoms with Crippen molar-refractivity contribution in [1.82, 2.24) is 14.7 Å². The van der Waals surface area contributed by atoms with Crippen LogP contribution in [0.4, 0.5) is 4.39 Å². The highest BCUT2D eigenvalue weighted by molar-refractivity contribution is 6.30. The molecule has 1 unspecified atom stereocenters. The van der Waals surface area contributed by atoms with Crippen LogP contribution in [0.3, 0.4) is 0 Å². The number of piperazine rings is 1. The Morgan fingerprint density at radius 2 is 1.76 bits per heavy atom. The van der Waals surface area contributed by atoms with Crippen molar-refractivity contribution in [2.24, 2.45) is 5.41 Å². The van der Waals surface area contributed by atoms with Crippen molar-refractivity contribution < 1.29 is 18.7 Å². The first-order valence-corrected chi connectivity index (χ1v) is 12.1. The summed E-state index contributed by atoms with van der Waals surface area (Å²) < 4.78 is 19.4. The van der Waals surface area contributed by atoms with Gasteiger partial charge in [-0.3, -0.25) is 9.59 Å². The van der Waals surface area contributed by atoms with Crippen LogP contribution in [0.5, 0.6) is 5.75 Å². The van der Waals surface area contributed by atoms with Crippen molar-refractivity contribution in [3.05, 3.63) is 64.9 Å². The van der Waals surface area contributed by atoms with Gasteiger partial charge in [-0.15, -0.1) is 0 Å². The summed E-state index contributed by atoms with van der Waals surface area (Å²) in [6.45, 7) is 4.42. The lowest BCUT2D eigenvalue weighted by Gasteiger charge is -2.43. The summed E-state index contributed by atoms with van der Waals surface area (Å²) in [6.07, 6.45) is 1.85. The van der Waals surface area contributed by atoms with Gasteiger partial charge in [0, 0.05) is 61.7 Å². The Morgan fingerprint density at radius 1 is 1.03 bits per heavy atom. The first-order valence-electron chi connectivity index (χ1n) is 11.7. The fourth-order valence-electron chi connectivity index (χ4n) is 4.75. The third-order valence-corrected chi connectivity index (χ3v) is 7.00. The van der Waals surface area contributed by atoms with Gasteiger partial charge in [-0.25, -0.2) is 4.39 Å². The Bertz CT molecular complexity index is 1010. The number of amides is 2. The molecule has 2 heterocycles. The number of carbonyl (C=O) groups is 2. The van der Waals surface area contributed by atoms with E-state index in [0.717, 1.165) is 25.9 Å². The fraction of sp³-hybridized carbons (Fsp3) is 0.462. The largest absolute Gasteiger partial charge is 0.493 e. The molecular formula is C26H31ClFN3O3. The number of ether oxygens (including phenoxy) is 1. The number of likely N-dealkylation sites (tertiary alicyclic amines) is 1. The van der Waals surface area contributed by atoms with Crippen LogP contribution in [-0.4, -0.2) is 79.4 Å². The predicted molar refractivity (Wildman–Crippen MR) is 130 cm³/mol. The summed E-state index contributed by atoms with van der Waals surface area (Å²) in [6, 6.07) is 12.8.